The molecule has 13 heteroatoms. The van der Waals surface area contributed by atoms with E-state index in [9.17, 15) is 14.4 Å². The van der Waals surface area contributed by atoms with Gasteiger partial charge in [0.2, 0.25) is 0 Å². The standard InChI is InChI=1S/C23H24F2N4O4.C14H14O3/c1-13-4-5-19-18(8-13)27-21(20-16(24)9-14(10-17(20)25)22(30)26-2)29(19)12-15-11-28(6-7-33-15)23(31)32-3;1-9(14(15)16)10-3-4-12-8-13(17-2)6-5-11(12)7-10/h4-5,8-10,15H,6-7,11-12H2,1-3H3,(H,26,30);3-9H,1-2H3,(H,15,16)/t15-;9-/m10/s1. The number of benzene rings is 4. The molecule has 0 saturated carbocycles. The van der Waals surface area contributed by atoms with Crippen molar-refractivity contribution >= 4 is 39.8 Å². The Bertz CT molecular complexity index is 2040. The lowest BCUT2D eigenvalue weighted by Crippen LogP contribution is -2.47. The summed E-state index contributed by atoms with van der Waals surface area (Å²) in [6.45, 7) is 4.76. The number of rotatable bonds is 7. The van der Waals surface area contributed by atoms with Crippen molar-refractivity contribution in [2.45, 2.75) is 32.4 Å². The van der Waals surface area contributed by atoms with Gasteiger partial charge in [-0.1, -0.05) is 30.3 Å². The lowest BCUT2D eigenvalue weighted by Gasteiger charge is -2.32. The van der Waals surface area contributed by atoms with Crippen LogP contribution >= 0.6 is 0 Å². The van der Waals surface area contributed by atoms with Crippen LogP contribution in [0.1, 0.15) is 34.3 Å². The van der Waals surface area contributed by atoms with Crippen LogP contribution in [0.2, 0.25) is 0 Å². The maximum Gasteiger partial charge on any atom is 0.409 e. The Kier molecular flexibility index (Phi) is 11.0. The molecular formula is C37H38F2N4O7. The van der Waals surface area contributed by atoms with E-state index in [-0.39, 0.29) is 30.0 Å². The number of fused-ring (bicyclic) bond motifs is 2. The normalized spacial score (nSPS) is 14.9. The molecule has 262 valence electrons. The lowest BCUT2D eigenvalue weighted by molar-refractivity contribution is -0.138. The van der Waals surface area contributed by atoms with E-state index in [2.05, 4.69) is 10.3 Å². The number of imidazole rings is 1. The van der Waals surface area contributed by atoms with Crippen LogP contribution < -0.4 is 10.1 Å². The van der Waals surface area contributed by atoms with E-state index in [1.165, 1.54) is 19.1 Å². The predicted octanol–water partition coefficient (Wildman–Crippen LogP) is 6.15. The molecule has 4 aromatic carbocycles. The van der Waals surface area contributed by atoms with Crippen molar-refractivity contribution in [3.8, 4) is 17.1 Å². The molecule has 11 nitrogen and oxygen atoms in total. The minimum Gasteiger partial charge on any atom is -0.497 e. The molecule has 1 fully saturated rings. The van der Waals surface area contributed by atoms with E-state index in [1.807, 2.05) is 61.5 Å². The van der Waals surface area contributed by atoms with Crippen molar-refractivity contribution in [2.24, 2.45) is 0 Å². The third kappa shape index (κ3) is 7.68. The summed E-state index contributed by atoms with van der Waals surface area (Å²) in [4.78, 5) is 40.8. The zero-order chi connectivity index (χ0) is 36.1. The summed E-state index contributed by atoms with van der Waals surface area (Å²) >= 11 is 0. The van der Waals surface area contributed by atoms with E-state index in [0.717, 1.165) is 39.8 Å². The van der Waals surface area contributed by atoms with E-state index in [0.29, 0.717) is 24.2 Å². The smallest absolute Gasteiger partial charge is 0.409 e. The fourth-order valence-electron chi connectivity index (χ4n) is 5.79. The van der Waals surface area contributed by atoms with Gasteiger partial charge in [0, 0.05) is 19.2 Å². The van der Waals surface area contributed by atoms with Gasteiger partial charge in [0.05, 0.1) is 62.5 Å². The second-order valence-corrected chi connectivity index (χ2v) is 11.9. The number of hydrogen-bond donors (Lipinski definition) is 2. The Morgan fingerprint density at radius 3 is 2.38 bits per heavy atom. The average molecular weight is 689 g/mol. The summed E-state index contributed by atoms with van der Waals surface area (Å²) in [5, 5.41) is 13.4. The van der Waals surface area contributed by atoms with Gasteiger partial charge in [-0.05, 0) is 72.1 Å². The molecular weight excluding hydrogens is 650 g/mol. The third-order valence-electron chi connectivity index (χ3n) is 8.56. The SMILES string of the molecule is CNC(=O)c1cc(F)c(-c2nc3cc(C)ccc3n2C[C@H]2CN(C(=O)OC)CCO2)c(F)c1.COc1ccc2cc([C@H](C)C(=O)O)ccc2c1. The van der Waals surface area contributed by atoms with Gasteiger partial charge in [-0.3, -0.25) is 9.59 Å². The zero-order valence-electron chi connectivity index (χ0n) is 28.3. The number of aromatic nitrogens is 2. The molecule has 0 radical (unpaired) electrons. The number of carboxylic acid groups (broad SMARTS) is 1. The van der Waals surface area contributed by atoms with Gasteiger partial charge in [-0.15, -0.1) is 0 Å². The number of hydrogen-bond acceptors (Lipinski definition) is 7. The number of amides is 2. The largest absolute Gasteiger partial charge is 0.497 e. The number of aliphatic carboxylic acids is 1. The Morgan fingerprint density at radius 1 is 1.02 bits per heavy atom. The first kappa shape index (κ1) is 35.7. The number of nitrogens with one attached hydrogen (secondary N) is 1. The Morgan fingerprint density at radius 2 is 1.72 bits per heavy atom. The highest BCUT2D eigenvalue weighted by Crippen LogP contribution is 2.31. The Hall–Kier alpha value is -5.56. The van der Waals surface area contributed by atoms with E-state index < -0.39 is 41.6 Å². The maximum atomic E-state index is 15.1. The molecule has 1 aliphatic rings. The molecule has 1 aromatic heterocycles. The van der Waals surface area contributed by atoms with Gasteiger partial charge >= 0.3 is 12.1 Å². The van der Waals surface area contributed by atoms with E-state index in [4.69, 9.17) is 19.3 Å². The predicted molar refractivity (Wildman–Crippen MR) is 183 cm³/mol. The highest BCUT2D eigenvalue weighted by molar-refractivity contribution is 5.94. The Balaban J connectivity index is 0.000000240. The summed E-state index contributed by atoms with van der Waals surface area (Å²) < 4.78 is 47.7. The summed E-state index contributed by atoms with van der Waals surface area (Å²) in [7, 11) is 4.32. The molecule has 50 heavy (non-hydrogen) atoms. The Labute approximate surface area is 287 Å². The number of ether oxygens (including phenoxy) is 3. The first-order valence-corrected chi connectivity index (χ1v) is 15.9. The highest BCUT2D eigenvalue weighted by atomic mass is 19.1. The second-order valence-electron chi connectivity index (χ2n) is 11.9. The summed E-state index contributed by atoms with van der Waals surface area (Å²) in [6.07, 6.45) is -0.900. The minimum absolute atomic E-state index is 0.0767. The number of morpholine rings is 1. The van der Waals surface area contributed by atoms with Crippen LogP contribution in [0.5, 0.6) is 5.75 Å². The first-order valence-electron chi connectivity index (χ1n) is 15.9. The van der Waals surface area contributed by atoms with E-state index in [1.54, 1.807) is 18.6 Å². The molecule has 1 saturated heterocycles. The second kappa shape index (κ2) is 15.3. The fraction of sp³-hybridized carbons (Fsp3) is 0.297. The first-order chi connectivity index (χ1) is 23.9. The molecule has 6 rings (SSSR count). The minimum atomic E-state index is -0.900. The van der Waals surface area contributed by atoms with Gasteiger partial charge in [0.25, 0.3) is 5.91 Å². The number of carbonyl (C=O) groups is 3. The van der Waals surface area contributed by atoms with Crippen molar-refractivity contribution in [2.75, 3.05) is 41.0 Å². The van der Waals surface area contributed by atoms with Crippen LogP contribution in [0.4, 0.5) is 13.6 Å². The van der Waals surface area contributed by atoms with Crippen molar-refractivity contribution in [1.29, 1.82) is 0 Å². The number of nitrogens with zero attached hydrogens (tertiary/aromatic N) is 3. The van der Waals surface area contributed by atoms with Gasteiger partial charge in [0.15, 0.2) is 0 Å². The van der Waals surface area contributed by atoms with Gasteiger partial charge in [-0.2, -0.15) is 0 Å². The number of carbonyl (C=O) groups excluding carboxylic acids is 2. The molecule has 2 N–H and O–H groups in total. The maximum absolute atomic E-state index is 15.1. The van der Waals surface area contributed by atoms with Crippen molar-refractivity contribution in [3.05, 3.63) is 95.1 Å². The lowest BCUT2D eigenvalue weighted by atomic mass is 9.98. The summed E-state index contributed by atoms with van der Waals surface area (Å²) in [5.41, 5.74) is 2.54. The molecule has 0 bridgehead atoms. The molecule has 0 aliphatic carbocycles. The van der Waals surface area contributed by atoms with E-state index >= 15 is 8.78 Å². The average Bonchev–Trinajstić information content (AvgIpc) is 3.45. The fourth-order valence-corrected chi connectivity index (χ4v) is 5.79. The van der Waals surface area contributed by atoms with Crippen molar-refractivity contribution in [1.82, 2.24) is 19.8 Å². The van der Waals surface area contributed by atoms with Crippen molar-refractivity contribution < 1.29 is 42.5 Å². The molecule has 5 aromatic rings. The molecule has 0 unspecified atom stereocenters. The van der Waals surface area contributed by atoms with Crippen LogP contribution in [-0.4, -0.2) is 84.6 Å². The number of halogens is 2. The van der Waals surface area contributed by atoms with Crippen LogP contribution in [-0.2, 0) is 20.8 Å². The van der Waals surface area contributed by atoms with Crippen LogP contribution in [0, 0.1) is 18.6 Å². The quantitative estimate of drug-likeness (QED) is 0.208. The van der Waals surface area contributed by atoms with Crippen LogP contribution in [0.25, 0.3) is 33.2 Å². The molecule has 0 spiro atoms. The molecule has 2 amide bonds. The topological polar surface area (TPSA) is 132 Å². The number of aryl methyl sites for hydroxylation is 1. The zero-order valence-corrected chi connectivity index (χ0v) is 28.3. The molecule has 1 aliphatic heterocycles. The summed E-state index contributed by atoms with van der Waals surface area (Å²) in [6, 6.07) is 18.9. The molecule has 2 heterocycles. The highest BCUT2D eigenvalue weighted by Gasteiger charge is 2.28. The van der Waals surface area contributed by atoms with Crippen LogP contribution in [0.3, 0.4) is 0 Å². The van der Waals surface area contributed by atoms with Gasteiger partial charge in [-0.25, -0.2) is 18.6 Å². The summed E-state index contributed by atoms with van der Waals surface area (Å²) in [5.74, 6) is -2.81. The monoisotopic (exact) mass is 688 g/mol. The van der Waals surface area contributed by atoms with Gasteiger partial charge < -0.3 is 34.1 Å². The molecule has 2 atom stereocenters. The third-order valence-corrected chi connectivity index (χ3v) is 8.56. The van der Waals surface area contributed by atoms with Crippen molar-refractivity contribution in [3.63, 3.8) is 0 Å². The number of carboxylic acids is 1. The van der Waals surface area contributed by atoms with Crippen LogP contribution in [0.15, 0.2) is 66.7 Å². The number of methoxy groups -OCH3 is 2. The van der Waals surface area contributed by atoms with Gasteiger partial charge in [0.1, 0.15) is 23.2 Å².